The van der Waals surface area contributed by atoms with E-state index in [9.17, 15) is 0 Å². The third kappa shape index (κ3) is 2.95. The van der Waals surface area contributed by atoms with Crippen LogP contribution in [0.15, 0.2) is 78.4 Å². The minimum Gasteiger partial charge on any atom is -0.310 e. The summed E-state index contributed by atoms with van der Waals surface area (Å²) in [4.78, 5) is 0. The van der Waals surface area contributed by atoms with E-state index in [1.54, 1.807) is 0 Å². The Morgan fingerprint density at radius 1 is 0.960 bits per heavy atom. The molecule has 3 aromatic rings. The van der Waals surface area contributed by atoms with Crippen molar-refractivity contribution in [2.75, 3.05) is 0 Å². The molecule has 1 aliphatic carbocycles. The van der Waals surface area contributed by atoms with Crippen molar-refractivity contribution >= 4 is 27.5 Å². The van der Waals surface area contributed by atoms with Crippen LogP contribution < -0.4 is 0 Å². The number of hydrogen-bond donors (Lipinski definition) is 0. The monoisotopic (exact) mass is 327 g/mol. The first-order valence-electron chi connectivity index (χ1n) is 9.35. The van der Waals surface area contributed by atoms with Crippen LogP contribution in [0.25, 0.3) is 27.5 Å². The molecule has 4 rings (SSSR count). The Morgan fingerprint density at radius 3 is 2.24 bits per heavy atom. The maximum absolute atomic E-state index is 2.44. The van der Waals surface area contributed by atoms with E-state index in [1.807, 2.05) is 0 Å². The van der Waals surface area contributed by atoms with Gasteiger partial charge < -0.3 is 4.57 Å². The van der Waals surface area contributed by atoms with Crippen LogP contribution in [0.4, 0.5) is 0 Å². The molecule has 1 atom stereocenters. The fourth-order valence-corrected chi connectivity index (χ4v) is 3.86. The first-order valence-corrected chi connectivity index (χ1v) is 9.35. The van der Waals surface area contributed by atoms with Gasteiger partial charge in [-0.3, -0.25) is 0 Å². The minimum atomic E-state index is 0.533. The molecule has 0 aliphatic heterocycles. The average molecular weight is 327 g/mol. The molecule has 25 heavy (non-hydrogen) atoms. The highest BCUT2D eigenvalue weighted by Gasteiger charge is 2.14. The quantitative estimate of drug-likeness (QED) is 0.490. The molecule has 0 amide bonds. The number of hydrogen-bond acceptors (Lipinski definition) is 0. The molecule has 0 fully saturated rings. The molecule has 0 radical (unpaired) electrons. The summed E-state index contributed by atoms with van der Waals surface area (Å²) in [6.45, 7) is 4.55. The summed E-state index contributed by atoms with van der Waals surface area (Å²) < 4.78 is 2.44. The highest BCUT2D eigenvalue weighted by molar-refractivity contribution is 6.10. The standard InChI is InChI=1S/C24H25N/c1-3-9-19-11-8-10-18(2)16-20(17-19)25-23-14-6-4-12-21(23)22-13-5-7-15-24(22)25/h4-8,11-18H,3,9-10H2,1-2H3/b11-8+,19-17-,20-16+. The summed E-state index contributed by atoms with van der Waals surface area (Å²) in [7, 11) is 0. The lowest BCUT2D eigenvalue weighted by Crippen LogP contribution is -2.01. The highest BCUT2D eigenvalue weighted by atomic mass is 15.0. The van der Waals surface area contributed by atoms with Gasteiger partial charge in [0.1, 0.15) is 0 Å². The molecule has 1 aromatic heterocycles. The van der Waals surface area contributed by atoms with E-state index in [0.29, 0.717) is 5.92 Å². The van der Waals surface area contributed by atoms with Crippen molar-refractivity contribution in [3.8, 4) is 0 Å². The Kier molecular flexibility index (Phi) is 4.31. The summed E-state index contributed by atoms with van der Waals surface area (Å²) in [5.74, 6) is 0.533. The number of aromatic nitrogens is 1. The molecule has 1 aliphatic rings. The van der Waals surface area contributed by atoms with Crippen LogP contribution in [0.2, 0.25) is 0 Å². The molecule has 1 heterocycles. The Labute approximate surface area is 150 Å². The first kappa shape index (κ1) is 16.0. The van der Waals surface area contributed by atoms with Crippen LogP contribution in [0.5, 0.6) is 0 Å². The molecule has 0 bridgehead atoms. The molecule has 0 spiro atoms. The number of para-hydroxylation sites is 2. The van der Waals surface area contributed by atoms with Gasteiger partial charge in [-0.05, 0) is 42.5 Å². The molecule has 0 N–H and O–H groups in total. The Bertz CT molecular complexity index is 944. The summed E-state index contributed by atoms with van der Waals surface area (Å²) in [6, 6.07) is 17.5. The zero-order chi connectivity index (χ0) is 17.2. The smallest absolute Gasteiger partial charge is 0.0540 e. The second-order valence-electron chi connectivity index (χ2n) is 7.05. The van der Waals surface area contributed by atoms with Gasteiger partial charge in [-0.1, -0.05) is 74.9 Å². The second-order valence-corrected chi connectivity index (χ2v) is 7.05. The van der Waals surface area contributed by atoms with Gasteiger partial charge in [-0.15, -0.1) is 0 Å². The first-order chi connectivity index (χ1) is 12.3. The molecule has 1 nitrogen and oxygen atoms in total. The van der Waals surface area contributed by atoms with Crippen molar-refractivity contribution in [2.24, 2.45) is 5.92 Å². The average Bonchev–Trinajstić information content (AvgIpc) is 2.94. The van der Waals surface area contributed by atoms with Crippen LogP contribution >= 0.6 is 0 Å². The number of rotatable bonds is 3. The SMILES string of the molecule is CCCC1=C/C(n2c3ccccc3c3ccccc32)=C\C(C)C\C=C\1. The topological polar surface area (TPSA) is 4.93 Å². The van der Waals surface area contributed by atoms with Crippen molar-refractivity contribution in [2.45, 2.75) is 33.1 Å². The van der Waals surface area contributed by atoms with Gasteiger partial charge >= 0.3 is 0 Å². The van der Waals surface area contributed by atoms with E-state index in [1.165, 1.54) is 39.5 Å². The van der Waals surface area contributed by atoms with Gasteiger partial charge in [0.15, 0.2) is 0 Å². The van der Waals surface area contributed by atoms with E-state index >= 15 is 0 Å². The lowest BCUT2D eigenvalue weighted by Gasteiger charge is -2.15. The van der Waals surface area contributed by atoms with Crippen molar-refractivity contribution in [3.05, 3.63) is 78.4 Å². The zero-order valence-electron chi connectivity index (χ0n) is 15.1. The fraction of sp³-hybridized carbons (Fsp3) is 0.250. The lowest BCUT2D eigenvalue weighted by atomic mass is 9.99. The molecular formula is C24H25N. The van der Waals surface area contributed by atoms with Gasteiger partial charge in [0.05, 0.1) is 11.0 Å². The van der Waals surface area contributed by atoms with Gasteiger partial charge in [-0.25, -0.2) is 0 Å². The predicted octanol–water partition coefficient (Wildman–Crippen LogP) is 6.96. The number of nitrogens with zero attached hydrogens (tertiary/aromatic N) is 1. The Morgan fingerprint density at radius 2 is 1.60 bits per heavy atom. The van der Waals surface area contributed by atoms with Crippen LogP contribution in [0.3, 0.4) is 0 Å². The number of benzene rings is 2. The van der Waals surface area contributed by atoms with Gasteiger partial charge in [-0.2, -0.15) is 0 Å². The molecule has 0 saturated carbocycles. The molecular weight excluding hydrogens is 302 g/mol. The summed E-state index contributed by atoms with van der Waals surface area (Å²) in [5, 5.41) is 2.66. The number of fused-ring (bicyclic) bond motifs is 3. The van der Waals surface area contributed by atoms with Crippen molar-refractivity contribution < 1.29 is 0 Å². The van der Waals surface area contributed by atoms with Gasteiger partial charge in [0, 0.05) is 16.5 Å². The van der Waals surface area contributed by atoms with Crippen molar-refractivity contribution in [3.63, 3.8) is 0 Å². The Balaban J connectivity index is 2.02. The minimum absolute atomic E-state index is 0.533. The maximum Gasteiger partial charge on any atom is 0.0540 e. The van der Waals surface area contributed by atoms with Gasteiger partial charge in [0.2, 0.25) is 0 Å². The summed E-state index contributed by atoms with van der Waals surface area (Å²) in [5.41, 5.74) is 5.30. The third-order valence-electron chi connectivity index (χ3n) is 5.01. The van der Waals surface area contributed by atoms with E-state index in [4.69, 9.17) is 0 Å². The maximum atomic E-state index is 2.44. The summed E-state index contributed by atoms with van der Waals surface area (Å²) >= 11 is 0. The fourth-order valence-electron chi connectivity index (χ4n) is 3.86. The highest BCUT2D eigenvalue weighted by Crippen LogP contribution is 2.33. The molecule has 0 saturated heterocycles. The van der Waals surface area contributed by atoms with E-state index in [2.05, 4.69) is 91.2 Å². The van der Waals surface area contributed by atoms with Crippen LogP contribution in [-0.4, -0.2) is 4.57 Å². The van der Waals surface area contributed by atoms with Crippen molar-refractivity contribution in [1.82, 2.24) is 4.57 Å². The molecule has 126 valence electrons. The van der Waals surface area contributed by atoms with Gasteiger partial charge in [0.25, 0.3) is 0 Å². The normalized spacial score (nSPS) is 23.5. The molecule has 2 aromatic carbocycles. The lowest BCUT2D eigenvalue weighted by molar-refractivity contribution is 0.740. The van der Waals surface area contributed by atoms with Crippen molar-refractivity contribution in [1.29, 1.82) is 0 Å². The van der Waals surface area contributed by atoms with E-state index < -0.39 is 0 Å². The predicted molar refractivity (Wildman–Crippen MR) is 110 cm³/mol. The van der Waals surface area contributed by atoms with Crippen LogP contribution in [0, 0.1) is 5.92 Å². The Hall–Kier alpha value is -2.54. The molecule has 1 unspecified atom stereocenters. The van der Waals surface area contributed by atoms with Crippen LogP contribution in [0.1, 0.15) is 33.1 Å². The van der Waals surface area contributed by atoms with Crippen LogP contribution in [-0.2, 0) is 0 Å². The number of allylic oxidation sites excluding steroid dienone is 6. The van der Waals surface area contributed by atoms with E-state index in [-0.39, 0.29) is 0 Å². The summed E-state index contributed by atoms with van der Waals surface area (Å²) in [6.07, 6.45) is 12.9. The molecule has 1 heteroatoms. The zero-order valence-corrected chi connectivity index (χ0v) is 15.1. The largest absolute Gasteiger partial charge is 0.310 e. The second kappa shape index (κ2) is 6.76. The third-order valence-corrected chi connectivity index (χ3v) is 5.01. The van der Waals surface area contributed by atoms with E-state index in [0.717, 1.165) is 12.8 Å².